The van der Waals surface area contributed by atoms with Crippen molar-refractivity contribution in [2.45, 2.75) is 57.8 Å². The molecule has 10 nitrogen and oxygen atoms in total. The predicted octanol–water partition coefficient (Wildman–Crippen LogP) is 5.61. The smallest absolute Gasteiger partial charge is 0.267 e. The number of aromatic nitrogens is 3. The van der Waals surface area contributed by atoms with Gasteiger partial charge >= 0.3 is 0 Å². The molecule has 47 heavy (non-hydrogen) atoms. The summed E-state index contributed by atoms with van der Waals surface area (Å²) in [4.78, 5) is 37.4. The van der Waals surface area contributed by atoms with Crippen molar-refractivity contribution in [1.29, 1.82) is 0 Å². The maximum atomic E-state index is 14.8. The van der Waals surface area contributed by atoms with Gasteiger partial charge < -0.3 is 24.5 Å². The standard InChI is InChI=1S/C34H32ClF2N7O3/c1-19(2)32-40-39-29-18-42(15-16-43(29)32)27-8-4-5-23-22(27)13-14-44(31(23)33(45)38-21-11-9-20(36)10-12-21)34(46)28-17-26(41-47-28)24-6-3-7-25(35)30(24)37/h3-12,19,28,31H,13-18H2,1-2H3,(H,38,45). The molecule has 0 aliphatic carbocycles. The predicted molar refractivity (Wildman–Crippen MR) is 172 cm³/mol. The van der Waals surface area contributed by atoms with E-state index in [1.807, 2.05) is 18.2 Å². The SMILES string of the molecule is CC(C)c1nnc2n1CCN(c1cccc3c1CCN(C(=O)C1CC(c4cccc(Cl)c4F)=NO1)C3C(=O)Nc1ccc(F)cc1)C2. The van der Waals surface area contributed by atoms with Crippen LogP contribution in [0.3, 0.4) is 0 Å². The second kappa shape index (κ2) is 12.4. The molecule has 2 unspecified atom stereocenters. The van der Waals surface area contributed by atoms with Gasteiger partial charge in [-0.1, -0.05) is 48.8 Å². The highest BCUT2D eigenvalue weighted by molar-refractivity contribution is 6.31. The van der Waals surface area contributed by atoms with Gasteiger partial charge in [0.05, 0.1) is 17.3 Å². The van der Waals surface area contributed by atoms with E-state index in [1.54, 1.807) is 6.07 Å². The first-order valence-electron chi connectivity index (χ1n) is 15.5. The van der Waals surface area contributed by atoms with Gasteiger partial charge in [-0.05, 0) is 60.0 Å². The molecule has 0 bridgehead atoms. The zero-order valence-electron chi connectivity index (χ0n) is 25.8. The molecule has 3 aliphatic heterocycles. The van der Waals surface area contributed by atoms with Crippen LogP contribution >= 0.6 is 11.6 Å². The molecule has 0 spiro atoms. The molecule has 0 saturated heterocycles. The number of carbonyl (C=O) groups excluding carboxylic acids is 2. The van der Waals surface area contributed by atoms with Gasteiger partial charge in [0, 0.05) is 48.9 Å². The Morgan fingerprint density at radius 2 is 1.79 bits per heavy atom. The molecule has 1 N–H and O–H groups in total. The molecule has 0 fully saturated rings. The highest BCUT2D eigenvalue weighted by atomic mass is 35.5. The third-order valence-electron chi connectivity index (χ3n) is 8.89. The van der Waals surface area contributed by atoms with E-state index in [1.165, 1.54) is 41.3 Å². The summed E-state index contributed by atoms with van der Waals surface area (Å²) in [5, 5.41) is 15.7. The fourth-order valence-electron chi connectivity index (χ4n) is 6.60. The minimum absolute atomic E-state index is 0.0125. The minimum Gasteiger partial charge on any atom is -0.382 e. The van der Waals surface area contributed by atoms with Gasteiger partial charge in [0.15, 0.2) is 11.6 Å². The number of hydrogen-bond donors (Lipinski definition) is 1. The van der Waals surface area contributed by atoms with Crippen LogP contribution in [-0.2, 0) is 33.9 Å². The van der Waals surface area contributed by atoms with Crippen LogP contribution in [-0.4, -0.2) is 56.4 Å². The quantitative estimate of drug-likeness (QED) is 0.289. The Hall–Kier alpha value is -4.84. The Morgan fingerprint density at radius 3 is 2.57 bits per heavy atom. The van der Waals surface area contributed by atoms with Crippen molar-refractivity contribution in [3.63, 3.8) is 0 Å². The number of oxime groups is 1. The van der Waals surface area contributed by atoms with Crippen LogP contribution in [0.25, 0.3) is 0 Å². The van der Waals surface area contributed by atoms with E-state index in [4.69, 9.17) is 16.4 Å². The fourth-order valence-corrected chi connectivity index (χ4v) is 6.78. The number of nitrogens with one attached hydrogen (secondary N) is 1. The Bertz CT molecular complexity index is 1890. The average molecular weight is 660 g/mol. The lowest BCUT2D eigenvalue weighted by atomic mass is 9.89. The second-order valence-electron chi connectivity index (χ2n) is 12.2. The summed E-state index contributed by atoms with van der Waals surface area (Å²) in [5.41, 5.74) is 3.41. The largest absolute Gasteiger partial charge is 0.382 e. The molecule has 13 heteroatoms. The van der Waals surface area contributed by atoms with Crippen LogP contribution < -0.4 is 10.2 Å². The molecular weight excluding hydrogens is 628 g/mol. The molecule has 4 heterocycles. The van der Waals surface area contributed by atoms with Gasteiger partial charge in [-0.3, -0.25) is 9.59 Å². The van der Waals surface area contributed by atoms with Gasteiger partial charge in [0.2, 0.25) is 6.10 Å². The van der Waals surface area contributed by atoms with Crippen molar-refractivity contribution in [1.82, 2.24) is 19.7 Å². The molecule has 0 radical (unpaired) electrons. The van der Waals surface area contributed by atoms with Crippen molar-refractivity contribution in [2.75, 3.05) is 23.3 Å². The van der Waals surface area contributed by atoms with Crippen molar-refractivity contribution in [3.05, 3.63) is 106 Å². The van der Waals surface area contributed by atoms with E-state index in [9.17, 15) is 18.4 Å². The van der Waals surface area contributed by atoms with Crippen molar-refractivity contribution in [2.24, 2.45) is 5.16 Å². The van der Waals surface area contributed by atoms with E-state index < -0.39 is 35.6 Å². The Balaban J connectivity index is 1.19. The molecule has 1 aromatic heterocycles. The number of fused-ring (bicyclic) bond motifs is 2. The number of amides is 2. The minimum atomic E-state index is -1.06. The summed E-state index contributed by atoms with van der Waals surface area (Å²) in [5.74, 6) is 0.109. The van der Waals surface area contributed by atoms with Gasteiger partial charge in [-0.25, -0.2) is 8.78 Å². The molecular formula is C34H32ClF2N7O3. The second-order valence-corrected chi connectivity index (χ2v) is 12.6. The summed E-state index contributed by atoms with van der Waals surface area (Å²) >= 11 is 5.97. The topological polar surface area (TPSA) is 105 Å². The molecule has 3 aliphatic rings. The Morgan fingerprint density at radius 1 is 1.00 bits per heavy atom. The first-order chi connectivity index (χ1) is 22.7. The highest BCUT2D eigenvalue weighted by Crippen LogP contribution is 2.39. The number of benzene rings is 3. The van der Waals surface area contributed by atoms with Gasteiger partial charge in [0.25, 0.3) is 11.8 Å². The number of anilines is 2. The third kappa shape index (κ3) is 5.71. The number of rotatable bonds is 6. The number of nitrogens with zero attached hydrogens (tertiary/aromatic N) is 6. The summed E-state index contributed by atoms with van der Waals surface area (Å²) in [7, 11) is 0. The van der Waals surface area contributed by atoms with Crippen LogP contribution in [0.1, 0.15) is 60.6 Å². The van der Waals surface area contributed by atoms with Crippen LogP contribution in [0, 0.1) is 11.6 Å². The van der Waals surface area contributed by atoms with E-state index in [0.29, 0.717) is 24.2 Å². The van der Waals surface area contributed by atoms with Crippen LogP contribution in [0.5, 0.6) is 0 Å². The third-order valence-corrected chi connectivity index (χ3v) is 9.18. The normalized spacial score (nSPS) is 18.8. The summed E-state index contributed by atoms with van der Waals surface area (Å²) < 4.78 is 30.6. The number of hydrogen-bond acceptors (Lipinski definition) is 7. The molecule has 2 amide bonds. The molecule has 242 valence electrons. The van der Waals surface area contributed by atoms with Gasteiger partial charge in [-0.2, -0.15) is 0 Å². The van der Waals surface area contributed by atoms with Crippen molar-refractivity contribution < 1.29 is 23.2 Å². The molecule has 3 aromatic carbocycles. The average Bonchev–Trinajstić information content (AvgIpc) is 3.74. The number of halogens is 3. The monoisotopic (exact) mass is 659 g/mol. The Kier molecular flexibility index (Phi) is 8.13. The molecule has 4 aromatic rings. The van der Waals surface area contributed by atoms with Gasteiger partial charge in [0.1, 0.15) is 17.7 Å². The zero-order chi connectivity index (χ0) is 32.8. The maximum Gasteiger partial charge on any atom is 0.267 e. The van der Waals surface area contributed by atoms with Crippen LogP contribution in [0.15, 0.2) is 65.8 Å². The highest BCUT2D eigenvalue weighted by Gasteiger charge is 2.42. The molecule has 0 saturated carbocycles. The van der Waals surface area contributed by atoms with Crippen molar-refractivity contribution in [3.8, 4) is 0 Å². The Labute approximate surface area is 275 Å². The first kappa shape index (κ1) is 30.8. The lowest BCUT2D eigenvalue weighted by Gasteiger charge is -2.40. The van der Waals surface area contributed by atoms with Gasteiger partial charge in [-0.15, -0.1) is 10.2 Å². The molecule has 2 atom stereocenters. The van der Waals surface area contributed by atoms with Crippen LogP contribution in [0.2, 0.25) is 5.02 Å². The molecule has 7 rings (SSSR count). The zero-order valence-corrected chi connectivity index (χ0v) is 26.5. The number of carbonyl (C=O) groups is 2. The fraction of sp³-hybridized carbons (Fsp3) is 0.324. The lowest BCUT2D eigenvalue weighted by Crippen LogP contribution is -2.49. The van der Waals surface area contributed by atoms with E-state index in [-0.39, 0.29) is 35.2 Å². The maximum absolute atomic E-state index is 14.8. The van der Waals surface area contributed by atoms with E-state index >= 15 is 0 Å². The first-order valence-corrected chi connectivity index (χ1v) is 15.9. The summed E-state index contributed by atoms with van der Waals surface area (Å²) in [6, 6.07) is 14.8. The van der Waals surface area contributed by atoms with E-state index in [2.05, 4.69) is 44.0 Å². The van der Waals surface area contributed by atoms with Crippen LogP contribution in [0.4, 0.5) is 20.2 Å². The summed E-state index contributed by atoms with van der Waals surface area (Å²) in [6.07, 6.45) is -0.558. The lowest BCUT2D eigenvalue weighted by molar-refractivity contribution is -0.148. The summed E-state index contributed by atoms with van der Waals surface area (Å²) in [6.45, 7) is 6.44. The van der Waals surface area contributed by atoms with Crippen molar-refractivity contribution >= 4 is 40.5 Å². The van der Waals surface area contributed by atoms with E-state index in [0.717, 1.165) is 36.0 Å².